The van der Waals surface area contributed by atoms with Crippen LogP contribution in [0.5, 0.6) is 0 Å². The van der Waals surface area contributed by atoms with E-state index in [0.29, 0.717) is 24.1 Å². The topological polar surface area (TPSA) is 104 Å². The summed E-state index contributed by atoms with van der Waals surface area (Å²) in [5, 5.41) is 26.1. The molecule has 0 saturated heterocycles. The Morgan fingerprint density at radius 3 is 2.52 bits per heavy atom. The number of hydrogen-bond donors (Lipinski definition) is 3. The van der Waals surface area contributed by atoms with Gasteiger partial charge in [-0.1, -0.05) is 19.9 Å². The summed E-state index contributed by atoms with van der Waals surface area (Å²) in [6, 6.07) is 3.98. The molecule has 0 radical (unpaired) electrons. The Kier molecular flexibility index (Phi) is 5.66. The zero-order valence-corrected chi connectivity index (χ0v) is 12.5. The Bertz CT molecular complexity index is 527. The van der Waals surface area contributed by atoms with E-state index in [1.54, 1.807) is 13.0 Å². The molecule has 0 spiro atoms. The van der Waals surface area contributed by atoms with Crippen LogP contribution in [0.25, 0.3) is 0 Å². The van der Waals surface area contributed by atoms with Crippen LogP contribution in [0.2, 0.25) is 0 Å². The van der Waals surface area contributed by atoms with Crippen molar-refractivity contribution in [2.45, 2.75) is 39.2 Å². The zero-order valence-electron chi connectivity index (χ0n) is 12.5. The number of amides is 2. The van der Waals surface area contributed by atoms with E-state index >= 15 is 0 Å². The lowest BCUT2D eigenvalue weighted by atomic mass is 9.98. The Labute approximate surface area is 123 Å². The van der Waals surface area contributed by atoms with Gasteiger partial charge in [0, 0.05) is 12.6 Å². The lowest BCUT2D eigenvalue weighted by Crippen LogP contribution is -2.43. The molecular weight excluding hydrogens is 274 g/mol. The maximum atomic E-state index is 11.8. The summed E-state index contributed by atoms with van der Waals surface area (Å²) in [7, 11) is 0. The summed E-state index contributed by atoms with van der Waals surface area (Å²) in [6.07, 6.45) is 1.05. The highest BCUT2D eigenvalue weighted by atomic mass is 16.6. The van der Waals surface area contributed by atoms with E-state index in [4.69, 9.17) is 0 Å². The first-order valence-electron chi connectivity index (χ1n) is 6.84. The maximum absolute atomic E-state index is 11.8. The number of nitro benzene ring substituents is 1. The maximum Gasteiger partial charge on any atom is 0.319 e. The van der Waals surface area contributed by atoms with Crippen molar-refractivity contribution in [3.8, 4) is 0 Å². The first kappa shape index (κ1) is 16.9. The van der Waals surface area contributed by atoms with Crippen LogP contribution in [0, 0.1) is 17.0 Å². The third kappa shape index (κ3) is 4.42. The molecule has 0 bridgehead atoms. The van der Waals surface area contributed by atoms with Crippen molar-refractivity contribution in [1.29, 1.82) is 0 Å². The first-order valence-corrected chi connectivity index (χ1v) is 6.84. The minimum atomic E-state index is -0.935. The van der Waals surface area contributed by atoms with Gasteiger partial charge in [-0.3, -0.25) is 10.1 Å². The largest absolute Gasteiger partial charge is 0.388 e. The number of nitrogens with zero attached hydrogens (tertiary/aromatic N) is 1. The highest BCUT2D eigenvalue weighted by molar-refractivity contribution is 5.90. The van der Waals surface area contributed by atoms with Crippen LogP contribution in [0.1, 0.15) is 32.3 Å². The second-order valence-corrected chi connectivity index (χ2v) is 4.95. The molecule has 2 amide bonds. The van der Waals surface area contributed by atoms with Gasteiger partial charge < -0.3 is 15.7 Å². The molecule has 1 aromatic carbocycles. The van der Waals surface area contributed by atoms with Gasteiger partial charge in [0.05, 0.1) is 21.8 Å². The number of carbonyl (C=O) groups is 1. The quantitative estimate of drug-likeness (QED) is 0.554. The van der Waals surface area contributed by atoms with Gasteiger partial charge in [0.1, 0.15) is 0 Å². The average Bonchev–Trinajstić information content (AvgIpc) is 2.46. The zero-order chi connectivity index (χ0) is 16.0. The molecule has 0 fully saturated rings. The molecule has 21 heavy (non-hydrogen) atoms. The molecule has 0 aliphatic heterocycles. The van der Waals surface area contributed by atoms with E-state index in [9.17, 15) is 20.0 Å². The summed E-state index contributed by atoms with van der Waals surface area (Å²) in [4.78, 5) is 22.2. The summed E-state index contributed by atoms with van der Waals surface area (Å²) >= 11 is 0. The lowest BCUT2D eigenvalue weighted by Gasteiger charge is -2.25. The smallest absolute Gasteiger partial charge is 0.319 e. The second-order valence-electron chi connectivity index (χ2n) is 4.95. The number of rotatable bonds is 6. The number of aliphatic hydroxyl groups is 1. The molecule has 0 unspecified atom stereocenters. The van der Waals surface area contributed by atoms with Gasteiger partial charge in [-0.05, 0) is 25.8 Å². The van der Waals surface area contributed by atoms with E-state index in [1.807, 2.05) is 13.8 Å². The third-order valence-electron chi connectivity index (χ3n) is 3.64. The molecule has 1 rings (SSSR count). The molecule has 0 atom stereocenters. The van der Waals surface area contributed by atoms with Crippen molar-refractivity contribution in [1.82, 2.24) is 5.32 Å². The monoisotopic (exact) mass is 295 g/mol. The molecule has 3 N–H and O–H groups in total. The molecule has 116 valence electrons. The predicted octanol–water partition coefficient (Wildman–Crippen LogP) is 2.58. The van der Waals surface area contributed by atoms with Crippen LogP contribution >= 0.6 is 0 Å². The van der Waals surface area contributed by atoms with Crippen LogP contribution in [-0.4, -0.2) is 28.2 Å². The highest BCUT2D eigenvalue weighted by Gasteiger charge is 2.23. The Morgan fingerprint density at radius 2 is 2.00 bits per heavy atom. The standard InChI is InChI=1S/C14H21N3O4/c1-4-14(19,5-2)9-15-13(18)16-11-7-6-8-12(10(11)3)17(20)21/h6-8,19H,4-5,9H2,1-3H3,(H2,15,16,18). The van der Waals surface area contributed by atoms with Crippen molar-refractivity contribution in [2.75, 3.05) is 11.9 Å². The molecule has 0 heterocycles. The van der Waals surface area contributed by atoms with Gasteiger partial charge in [-0.25, -0.2) is 4.79 Å². The number of anilines is 1. The Hall–Kier alpha value is -2.15. The molecular formula is C14H21N3O4. The molecule has 7 heteroatoms. The molecule has 1 aromatic rings. The molecule has 0 aliphatic carbocycles. The SMILES string of the molecule is CCC(O)(CC)CNC(=O)Nc1cccc([N+](=O)[O-])c1C. The first-order chi connectivity index (χ1) is 9.83. The van der Waals surface area contributed by atoms with E-state index in [0.717, 1.165) is 0 Å². The van der Waals surface area contributed by atoms with Crippen molar-refractivity contribution >= 4 is 17.4 Å². The van der Waals surface area contributed by atoms with Crippen molar-refractivity contribution in [2.24, 2.45) is 0 Å². The van der Waals surface area contributed by atoms with Crippen molar-refractivity contribution in [3.05, 3.63) is 33.9 Å². The van der Waals surface area contributed by atoms with Gasteiger partial charge >= 0.3 is 6.03 Å². The van der Waals surface area contributed by atoms with Crippen LogP contribution in [0.3, 0.4) is 0 Å². The minimum Gasteiger partial charge on any atom is -0.388 e. The predicted molar refractivity (Wildman–Crippen MR) is 80.4 cm³/mol. The van der Waals surface area contributed by atoms with Gasteiger partial charge in [-0.15, -0.1) is 0 Å². The number of carbonyl (C=O) groups excluding carboxylic acids is 1. The lowest BCUT2D eigenvalue weighted by molar-refractivity contribution is -0.385. The van der Waals surface area contributed by atoms with Crippen LogP contribution in [0.15, 0.2) is 18.2 Å². The van der Waals surface area contributed by atoms with E-state index in [-0.39, 0.29) is 12.2 Å². The van der Waals surface area contributed by atoms with Crippen LogP contribution in [-0.2, 0) is 0 Å². The molecule has 0 aliphatic rings. The summed E-state index contributed by atoms with van der Waals surface area (Å²) < 4.78 is 0. The van der Waals surface area contributed by atoms with E-state index in [1.165, 1.54) is 12.1 Å². The van der Waals surface area contributed by atoms with Crippen LogP contribution in [0.4, 0.5) is 16.2 Å². The molecule has 7 nitrogen and oxygen atoms in total. The van der Waals surface area contributed by atoms with Crippen molar-refractivity contribution < 1.29 is 14.8 Å². The van der Waals surface area contributed by atoms with Crippen LogP contribution < -0.4 is 10.6 Å². The minimum absolute atomic E-state index is 0.0496. The van der Waals surface area contributed by atoms with Gasteiger partial charge in [0.25, 0.3) is 5.69 Å². The fourth-order valence-corrected chi connectivity index (χ4v) is 1.87. The van der Waals surface area contributed by atoms with Gasteiger partial charge in [0.2, 0.25) is 0 Å². The highest BCUT2D eigenvalue weighted by Crippen LogP contribution is 2.24. The molecule has 0 aromatic heterocycles. The van der Waals surface area contributed by atoms with E-state index < -0.39 is 16.6 Å². The summed E-state index contributed by atoms with van der Waals surface area (Å²) in [5.74, 6) is 0. The fourth-order valence-electron chi connectivity index (χ4n) is 1.87. The second kappa shape index (κ2) is 7.03. The average molecular weight is 295 g/mol. The Balaban J connectivity index is 2.72. The third-order valence-corrected chi connectivity index (χ3v) is 3.64. The van der Waals surface area contributed by atoms with Gasteiger partial charge in [-0.2, -0.15) is 0 Å². The van der Waals surface area contributed by atoms with E-state index in [2.05, 4.69) is 10.6 Å². The van der Waals surface area contributed by atoms with Crippen molar-refractivity contribution in [3.63, 3.8) is 0 Å². The fraction of sp³-hybridized carbons (Fsp3) is 0.500. The number of benzene rings is 1. The number of hydrogen-bond acceptors (Lipinski definition) is 4. The summed E-state index contributed by atoms with van der Waals surface area (Å²) in [6.45, 7) is 5.38. The normalized spacial score (nSPS) is 11.0. The Morgan fingerprint density at radius 1 is 1.38 bits per heavy atom. The number of urea groups is 1. The number of nitrogens with one attached hydrogen (secondary N) is 2. The summed E-state index contributed by atoms with van der Waals surface area (Å²) in [5.41, 5.74) is -0.224. The molecule has 0 saturated carbocycles. The van der Waals surface area contributed by atoms with Gasteiger partial charge in [0.15, 0.2) is 0 Å². The number of nitro groups is 1.